The van der Waals surface area contributed by atoms with Crippen molar-refractivity contribution < 1.29 is 14.2 Å². The minimum absolute atomic E-state index is 0.0477. The van der Waals surface area contributed by atoms with Gasteiger partial charge in [-0.3, -0.25) is 4.57 Å². The van der Waals surface area contributed by atoms with Crippen LogP contribution in [0.1, 0.15) is 6.23 Å². The van der Waals surface area contributed by atoms with E-state index in [0.717, 1.165) is 5.75 Å². The van der Waals surface area contributed by atoms with Crippen LogP contribution in [-0.4, -0.2) is 59.1 Å². The number of rotatable bonds is 5. The maximum atomic E-state index is 6.17. The Balaban J connectivity index is 2.00. The topological polar surface area (TPSA) is 84.4 Å². The number of hydrogen-bond acceptors (Lipinski definition) is 7. The molecule has 1 aliphatic heterocycles. The first kappa shape index (κ1) is 15.5. The summed E-state index contributed by atoms with van der Waals surface area (Å²) in [6, 6.07) is 1.73. The molecule has 0 aromatic carbocycles. The van der Waals surface area contributed by atoms with E-state index in [-0.39, 0.29) is 24.5 Å². The van der Waals surface area contributed by atoms with Gasteiger partial charge in [0.15, 0.2) is 11.9 Å². The molecule has 3 rings (SSSR count). The molecule has 0 saturated carbocycles. The second kappa shape index (κ2) is 6.41. The molecule has 0 aliphatic carbocycles. The molecule has 0 bridgehead atoms. The fourth-order valence-corrected chi connectivity index (χ4v) is 3.50. The predicted molar refractivity (Wildman–Crippen MR) is 85.8 cm³/mol. The van der Waals surface area contributed by atoms with Gasteiger partial charge in [0, 0.05) is 26.2 Å². The fourth-order valence-electron chi connectivity index (χ4n) is 2.91. The Morgan fingerprint density at radius 2 is 2.09 bits per heavy atom. The highest BCUT2D eigenvalue weighted by Crippen LogP contribution is 2.36. The Bertz CT molecular complexity index is 650. The molecule has 22 heavy (non-hydrogen) atoms. The molecule has 0 radical (unpaired) electrons. The van der Waals surface area contributed by atoms with E-state index >= 15 is 0 Å². The third kappa shape index (κ3) is 2.45. The lowest BCUT2D eigenvalue weighted by atomic mass is 10.1. The second-order valence-electron chi connectivity index (χ2n) is 5.15. The molecule has 8 heteroatoms. The van der Waals surface area contributed by atoms with E-state index < -0.39 is 0 Å². The zero-order valence-corrected chi connectivity index (χ0v) is 13.6. The third-order valence-electron chi connectivity index (χ3n) is 3.93. The molecule has 1 aliphatic rings. The van der Waals surface area contributed by atoms with Crippen LogP contribution in [-0.2, 0) is 14.2 Å². The number of thioether (sulfide) groups is 1. The molecule has 2 aromatic heterocycles. The van der Waals surface area contributed by atoms with Gasteiger partial charge in [-0.05, 0) is 12.3 Å². The summed E-state index contributed by atoms with van der Waals surface area (Å²) >= 11 is 1.71. The predicted octanol–water partition coefficient (Wildman–Crippen LogP) is 1.30. The molecule has 2 aromatic rings. The number of aromatic nitrogens is 3. The molecule has 2 unspecified atom stereocenters. The van der Waals surface area contributed by atoms with Crippen LogP contribution in [0.5, 0.6) is 0 Å². The van der Waals surface area contributed by atoms with Crippen molar-refractivity contribution in [2.45, 2.75) is 24.5 Å². The zero-order chi connectivity index (χ0) is 15.7. The normalized spacial score (nSPS) is 28.5. The van der Waals surface area contributed by atoms with Gasteiger partial charge in [0.1, 0.15) is 17.7 Å². The van der Waals surface area contributed by atoms with Crippen molar-refractivity contribution in [2.75, 3.05) is 32.0 Å². The van der Waals surface area contributed by atoms with Gasteiger partial charge in [-0.1, -0.05) is 0 Å². The monoisotopic (exact) mass is 324 g/mol. The maximum Gasteiger partial charge on any atom is 0.166 e. The molecule has 0 spiro atoms. The Kier molecular flexibility index (Phi) is 4.53. The second-order valence-corrected chi connectivity index (χ2v) is 6.06. The number of pyridine rings is 1. The van der Waals surface area contributed by atoms with Crippen LogP contribution >= 0.6 is 11.8 Å². The number of anilines is 1. The summed E-state index contributed by atoms with van der Waals surface area (Å²) in [4.78, 5) is 8.72. The first-order valence-corrected chi connectivity index (χ1v) is 8.37. The molecule has 1 saturated heterocycles. The molecular formula is C14H20N4O3S. The number of nitrogens with zero attached hydrogens (tertiary/aromatic N) is 3. The van der Waals surface area contributed by atoms with Crippen molar-refractivity contribution in [2.24, 2.45) is 0 Å². The van der Waals surface area contributed by atoms with Crippen LogP contribution in [0.2, 0.25) is 0 Å². The molecule has 7 nitrogen and oxygen atoms in total. The summed E-state index contributed by atoms with van der Waals surface area (Å²) in [6.07, 6.45) is 4.64. The van der Waals surface area contributed by atoms with Crippen molar-refractivity contribution >= 4 is 28.6 Å². The van der Waals surface area contributed by atoms with Gasteiger partial charge in [-0.15, -0.1) is 0 Å². The van der Waals surface area contributed by atoms with Crippen LogP contribution < -0.4 is 5.73 Å². The number of ether oxygens (including phenoxy) is 3. The van der Waals surface area contributed by atoms with Gasteiger partial charge in [-0.25, -0.2) is 9.97 Å². The lowest BCUT2D eigenvalue weighted by molar-refractivity contribution is -0.0505. The number of hydrogen-bond donors (Lipinski definition) is 1. The first-order valence-electron chi connectivity index (χ1n) is 6.98. The Hall–Kier alpha value is -1.35. The van der Waals surface area contributed by atoms with Crippen LogP contribution in [0.25, 0.3) is 11.2 Å². The number of fused-ring (bicyclic) bond motifs is 1. The Morgan fingerprint density at radius 1 is 1.32 bits per heavy atom. The maximum absolute atomic E-state index is 6.17. The largest absolute Gasteiger partial charge is 0.397 e. The van der Waals surface area contributed by atoms with E-state index in [0.29, 0.717) is 16.9 Å². The molecule has 0 amide bonds. The summed E-state index contributed by atoms with van der Waals surface area (Å²) < 4.78 is 19.3. The first-order chi connectivity index (χ1) is 10.7. The molecule has 3 heterocycles. The standard InChI is InChI=1S/C14H20N4O3S/c1-19-11-9(6-22-3)21-14(12(11)20-2)18-7-17-10-8(15)4-5-16-13(10)18/h4-5,7,9,11-12,14H,6H2,1-3H3,(H2,15,16)/t9-,11?,12?,14-/m1/s1. The van der Waals surface area contributed by atoms with E-state index in [4.69, 9.17) is 19.9 Å². The lowest BCUT2D eigenvalue weighted by Crippen LogP contribution is -2.36. The van der Waals surface area contributed by atoms with Gasteiger partial charge >= 0.3 is 0 Å². The fraction of sp³-hybridized carbons (Fsp3) is 0.571. The average Bonchev–Trinajstić information content (AvgIpc) is 3.09. The van der Waals surface area contributed by atoms with Crippen molar-refractivity contribution in [3.63, 3.8) is 0 Å². The zero-order valence-electron chi connectivity index (χ0n) is 12.8. The Labute approximate surface area is 133 Å². The van der Waals surface area contributed by atoms with Crippen molar-refractivity contribution in [3.05, 3.63) is 18.6 Å². The van der Waals surface area contributed by atoms with E-state index in [1.807, 2.05) is 10.8 Å². The smallest absolute Gasteiger partial charge is 0.166 e. The van der Waals surface area contributed by atoms with Crippen LogP contribution in [0.15, 0.2) is 18.6 Å². The van der Waals surface area contributed by atoms with Gasteiger partial charge < -0.3 is 19.9 Å². The van der Waals surface area contributed by atoms with Gasteiger partial charge in [0.05, 0.1) is 18.1 Å². The highest BCUT2D eigenvalue weighted by atomic mass is 32.2. The van der Waals surface area contributed by atoms with E-state index in [2.05, 4.69) is 9.97 Å². The highest BCUT2D eigenvalue weighted by molar-refractivity contribution is 7.98. The number of methoxy groups -OCH3 is 2. The van der Waals surface area contributed by atoms with Gasteiger partial charge in [-0.2, -0.15) is 11.8 Å². The SMILES string of the molecule is COC1C(OC)[C@@H](CSC)O[C@H]1n1cnc2c(N)ccnc21. The lowest BCUT2D eigenvalue weighted by Gasteiger charge is -2.22. The quantitative estimate of drug-likeness (QED) is 0.887. The van der Waals surface area contributed by atoms with Crippen molar-refractivity contribution in [1.82, 2.24) is 14.5 Å². The summed E-state index contributed by atoms with van der Waals surface area (Å²) in [5.41, 5.74) is 7.90. The van der Waals surface area contributed by atoms with Crippen LogP contribution in [0.4, 0.5) is 5.69 Å². The van der Waals surface area contributed by atoms with Crippen LogP contribution in [0.3, 0.4) is 0 Å². The average molecular weight is 324 g/mol. The third-order valence-corrected chi connectivity index (χ3v) is 4.59. The van der Waals surface area contributed by atoms with E-state index in [1.165, 1.54) is 0 Å². The summed E-state index contributed by atoms with van der Waals surface area (Å²) in [7, 11) is 3.34. The molecule has 4 atom stereocenters. The van der Waals surface area contributed by atoms with Gasteiger partial charge in [0.2, 0.25) is 0 Å². The molecule has 120 valence electrons. The number of imidazole rings is 1. The minimum atomic E-state index is -0.341. The Morgan fingerprint density at radius 3 is 2.77 bits per heavy atom. The van der Waals surface area contributed by atoms with Gasteiger partial charge in [0.25, 0.3) is 0 Å². The summed E-state index contributed by atoms with van der Waals surface area (Å²) in [5.74, 6) is 0.830. The van der Waals surface area contributed by atoms with E-state index in [1.54, 1.807) is 44.6 Å². The minimum Gasteiger partial charge on any atom is -0.397 e. The summed E-state index contributed by atoms with van der Waals surface area (Å²) in [6.45, 7) is 0. The van der Waals surface area contributed by atoms with Crippen molar-refractivity contribution in [3.8, 4) is 0 Å². The number of nitrogens with two attached hydrogens (primary N) is 1. The summed E-state index contributed by atoms with van der Waals surface area (Å²) in [5, 5.41) is 0. The van der Waals surface area contributed by atoms with E-state index in [9.17, 15) is 0 Å². The van der Waals surface area contributed by atoms with Crippen LogP contribution in [0, 0.1) is 0 Å². The number of nitrogen functional groups attached to an aromatic ring is 1. The molecular weight excluding hydrogens is 304 g/mol. The molecule has 2 N–H and O–H groups in total. The highest BCUT2D eigenvalue weighted by Gasteiger charge is 2.46. The van der Waals surface area contributed by atoms with Crippen molar-refractivity contribution in [1.29, 1.82) is 0 Å². The molecule has 1 fully saturated rings.